The number of nitrogens with one attached hydrogen (secondary N) is 1. The average Bonchev–Trinajstić information content (AvgIpc) is 2.96. The van der Waals surface area contributed by atoms with E-state index in [-0.39, 0.29) is 25.1 Å². The minimum Gasteiger partial charge on any atom is -0.267 e. The van der Waals surface area contributed by atoms with Gasteiger partial charge in [0.2, 0.25) is 10.0 Å². The number of nitrogens with zero attached hydrogens (tertiary/aromatic N) is 2. The Morgan fingerprint density at radius 1 is 1.15 bits per heavy atom. The van der Waals surface area contributed by atoms with Crippen molar-refractivity contribution in [1.82, 2.24) is 14.5 Å². The van der Waals surface area contributed by atoms with Crippen LogP contribution in [0.5, 0.6) is 0 Å². The topological polar surface area (TPSA) is 64.0 Å². The normalized spacial score (nSPS) is 15.0. The lowest BCUT2D eigenvalue weighted by Crippen LogP contribution is -2.29. The fourth-order valence-electron chi connectivity index (χ4n) is 3.13. The van der Waals surface area contributed by atoms with Gasteiger partial charge in [0.15, 0.2) is 5.69 Å². The monoisotopic (exact) mass is 409 g/mol. The van der Waals surface area contributed by atoms with Crippen LogP contribution in [-0.4, -0.2) is 24.7 Å². The van der Waals surface area contributed by atoms with Crippen molar-refractivity contribution in [2.45, 2.75) is 43.3 Å². The molecular formula is C16H16F5N3O2S. The molecule has 0 unspecified atom stereocenters. The number of rotatable bonds is 5. The van der Waals surface area contributed by atoms with Crippen LogP contribution in [0.2, 0.25) is 0 Å². The van der Waals surface area contributed by atoms with Crippen LogP contribution in [0.15, 0.2) is 23.1 Å². The molecule has 5 nitrogen and oxygen atoms in total. The standard InChI is InChI=1S/C16H16F5N3O2S/c17-10-5-6-12(18)14(9-10)27(25,26)22-7-8-24-13-4-2-1-3-11(13)15(23-24)16(19,20)21/h5-6,9,22H,1-4,7-8H2. The molecular weight excluding hydrogens is 393 g/mol. The Hall–Kier alpha value is -2.01. The second kappa shape index (κ2) is 7.19. The van der Waals surface area contributed by atoms with E-state index in [0.29, 0.717) is 30.7 Å². The van der Waals surface area contributed by atoms with E-state index in [4.69, 9.17) is 0 Å². The number of benzene rings is 1. The Bertz CT molecular complexity index is 954. The third-order valence-electron chi connectivity index (χ3n) is 4.32. The van der Waals surface area contributed by atoms with Gasteiger partial charge < -0.3 is 0 Å². The van der Waals surface area contributed by atoms with E-state index >= 15 is 0 Å². The minimum atomic E-state index is -4.59. The third-order valence-corrected chi connectivity index (χ3v) is 5.80. The maximum Gasteiger partial charge on any atom is 0.435 e. The molecule has 1 aliphatic rings. The highest BCUT2D eigenvalue weighted by atomic mass is 32.2. The first-order valence-corrected chi connectivity index (χ1v) is 9.68. The van der Waals surface area contributed by atoms with Crippen molar-refractivity contribution in [3.8, 4) is 0 Å². The Balaban J connectivity index is 1.78. The molecule has 1 aliphatic carbocycles. The van der Waals surface area contributed by atoms with Crippen LogP contribution >= 0.6 is 0 Å². The van der Waals surface area contributed by atoms with E-state index in [1.165, 1.54) is 0 Å². The molecule has 0 bridgehead atoms. The largest absolute Gasteiger partial charge is 0.435 e. The summed E-state index contributed by atoms with van der Waals surface area (Å²) in [6, 6.07) is 2.00. The second-order valence-electron chi connectivity index (χ2n) is 6.17. The van der Waals surface area contributed by atoms with Crippen molar-refractivity contribution >= 4 is 10.0 Å². The molecule has 3 rings (SSSR count). The molecule has 0 saturated carbocycles. The van der Waals surface area contributed by atoms with E-state index < -0.39 is 38.4 Å². The van der Waals surface area contributed by atoms with Gasteiger partial charge in [-0.05, 0) is 43.9 Å². The highest BCUT2D eigenvalue weighted by molar-refractivity contribution is 7.89. The molecule has 27 heavy (non-hydrogen) atoms. The molecule has 0 saturated heterocycles. The number of hydrogen-bond donors (Lipinski definition) is 1. The van der Waals surface area contributed by atoms with Crippen molar-refractivity contribution in [2.75, 3.05) is 6.54 Å². The summed E-state index contributed by atoms with van der Waals surface area (Å²) >= 11 is 0. The molecule has 1 aromatic heterocycles. The first-order chi connectivity index (χ1) is 12.6. The maximum atomic E-state index is 13.6. The van der Waals surface area contributed by atoms with Gasteiger partial charge in [-0.25, -0.2) is 21.9 Å². The van der Waals surface area contributed by atoms with Crippen molar-refractivity contribution in [2.24, 2.45) is 0 Å². The van der Waals surface area contributed by atoms with Crippen LogP contribution < -0.4 is 4.72 Å². The van der Waals surface area contributed by atoms with E-state index in [1.807, 2.05) is 0 Å². The first-order valence-electron chi connectivity index (χ1n) is 8.20. The summed E-state index contributed by atoms with van der Waals surface area (Å²) in [6.07, 6.45) is -2.55. The molecule has 1 heterocycles. The Morgan fingerprint density at radius 2 is 1.85 bits per heavy atom. The average molecular weight is 409 g/mol. The van der Waals surface area contributed by atoms with Gasteiger partial charge in [-0.3, -0.25) is 4.68 Å². The Morgan fingerprint density at radius 3 is 2.56 bits per heavy atom. The smallest absolute Gasteiger partial charge is 0.267 e. The fraction of sp³-hybridized carbons (Fsp3) is 0.438. The SMILES string of the molecule is O=S(=O)(NCCn1nc(C(F)(F)F)c2c1CCCC2)c1cc(F)ccc1F. The number of aromatic nitrogens is 2. The zero-order valence-corrected chi connectivity index (χ0v) is 14.8. The van der Waals surface area contributed by atoms with E-state index in [9.17, 15) is 30.4 Å². The lowest BCUT2D eigenvalue weighted by Gasteiger charge is -2.15. The summed E-state index contributed by atoms with van der Waals surface area (Å²) in [6.45, 7) is -0.474. The quantitative estimate of drug-likeness (QED) is 0.773. The van der Waals surface area contributed by atoms with E-state index in [2.05, 4.69) is 9.82 Å². The zero-order chi connectivity index (χ0) is 19.8. The molecule has 0 fully saturated rings. The van der Waals surface area contributed by atoms with Gasteiger partial charge in [0.05, 0.1) is 6.54 Å². The summed E-state index contributed by atoms with van der Waals surface area (Å²) in [5, 5.41) is 3.61. The molecule has 1 aromatic carbocycles. The van der Waals surface area contributed by atoms with Crippen molar-refractivity contribution in [3.63, 3.8) is 0 Å². The molecule has 0 aliphatic heterocycles. The molecule has 0 radical (unpaired) electrons. The third kappa shape index (κ3) is 4.13. The highest BCUT2D eigenvalue weighted by Gasteiger charge is 2.39. The van der Waals surface area contributed by atoms with Gasteiger partial charge in [0, 0.05) is 17.8 Å². The van der Waals surface area contributed by atoms with Crippen LogP contribution in [-0.2, 0) is 35.6 Å². The Labute approximate surface area is 152 Å². The van der Waals surface area contributed by atoms with Crippen LogP contribution in [0.1, 0.15) is 29.8 Å². The molecule has 0 amide bonds. The predicted molar refractivity (Wildman–Crippen MR) is 85.4 cm³/mol. The maximum absolute atomic E-state index is 13.6. The number of alkyl halides is 3. The molecule has 148 valence electrons. The van der Waals surface area contributed by atoms with Gasteiger partial charge in [-0.2, -0.15) is 18.3 Å². The molecule has 11 heteroatoms. The van der Waals surface area contributed by atoms with E-state index in [0.717, 1.165) is 17.2 Å². The van der Waals surface area contributed by atoms with Crippen LogP contribution in [0.4, 0.5) is 22.0 Å². The highest BCUT2D eigenvalue weighted by Crippen LogP contribution is 2.35. The van der Waals surface area contributed by atoms with Gasteiger partial charge in [0.25, 0.3) is 0 Å². The molecule has 1 N–H and O–H groups in total. The summed E-state index contributed by atoms with van der Waals surface area (Å²) in [7, 11) is -4.35. The van der Waals surface area contributed by atoms with Crippen molar-refractivity contribution in [3.05, 3.63) is 46.8 Å². The minimum absolute atomic E-state index is 0.146. The van der Waals surface area contributed by atoms with Gasteiger partial charge >= 0.3 is 6.18 Å². The number of halogens is 5. The summed E-state index contributed by atoms with van der Waals surface area (Å²) in [5.41, 5.74) is -0.367. The fourth-order valence-corrected chi connectivity index (χ4v) is 4.24. The zero-order valence-electron chi connectivity index (χ0n) is 14.0. The van der Waals surface area contributed by atoms with Crippen LogP contribution in [0, 0.1) is 11.6 Å². The molecule has 0 spiro atoms. The summed E-state index contributed by atoms with van der Waals surface area (Å²) in [4.78, 5) is -0.860. The predicted octanol–water partition coefficient (Wildman–Crippen LogP) is 3.04. The molecule has 0 atom stereocenters. The van der Waals surface area contributed by atoms with Crippen molar-refractivity contribution in [1.29, 1.82) is 0 Å². The van der Waals surface area contributed by atoms with Crippen LogP contribution in [0.3, 0.4) is 0 Å². The number of fused-ring (bicyclic) bond motifs is 1. The van der Waals surface area contributed by atoms with Crippen LogP contribution in [0.25, 0.3) is 0 Å². The lowest BCUT2D eigenvalue weighted by atomic mass is 9.95. The molecule has 2 aromatic rings. The van der Waals surface area contributed by atoms with Gasteiger partial charge in [0.1, 0.15) is 16.5 Å². The van der Waals surface area contributed by atoms with Crippen molar-refractivity contribution < 1.29 is 30.4 Å². The summed E-state index contributed by atoms with van der Waals surface area (Å²) < 4.78 is 93.7. The van der Waals surface area contributed by atoms with Gasteiger partial charge in [-0.15, -0.1) is 0 Å². The number of hydrogen-bond acceptors (Lipinski definition) is 3. The van der Waals surface area contributed by atoms with E-state index in [1.54, 1.807) is 0 Å². The van der Waals surface area contributed by atoms with Gasteiger partial charge in [-0.1, -0.05) is 0 Å². The lowest BCUT2D eigenvalue weighted by molar-refractivity contribution is -0.142. The first kappa shape index (κ1) is 19.7. The number of sulfonamides is 1. The second-order valence-corrected chi connectivity index (χ2v) is 7.91. The summed E-state index contributed by atoms with van der Waals surface area (Å²) in [5.74, 6) is -2.05. The Kier molecular flexibility index (Phi) is 5.26.